The smallest absolute Gasteiger partial charge is 0.272 e. The molecule has 0 radical (unpaired) electrons. The molecule has 0 atom stereocenters. The van der Waals surface area contributed by atoms with Crippen molar-refractivity contribution in [2.45, 2.75) is 5.75 Å². The number of hydrogen-bond acceptors (Lipinski definition) is 4. The maximum atomic E-state index is 14.4. The lowest BCUT2D eigenvalue weighted by molar-refractivity contribution is -0.119. The van der Waals surface area contributed by atoms with E-state index in [-0.39, 0.29) is 16.2 Å². The Bertz CT molecular complexity index is 1180. The van der Waals surface area contributed by atoms with Crippen LogP contribution in [-0.2, 0) is 15.3 Å². The van der Waals surface area contributed by atoms with Crippen molar-refractivity contribution in [2.75, 3.05) is 12.0 Å². The summed E-state index contributed by atoms with van der Waals surface area (Å²) in [6.07, 6.45) is 0. The molecule has 7 heteroatoms. The average Bonchev–Trinajstić information content (AvgIpc) is 3.03. The molecule has 0 saturated carbocycles. The van der Waals surface area contributed by atoms with E-state index in [0.717, 1.165) is 22.6 Å². The number of ether oxygens (including phenoxy) is 1. The fourth-order valence-electron chi connectivity index (χ4n) is 3.27. The Morgan fingerprint density at radius 2 is 1.61 bits per heavy atom. The van der Waals surface area contributed by atoms with Gasteiger partial charge in [-0.25, -0.2) is 13.7 Å². The molecule has 0 aliphatic carbocycles. The van der Waals surface area contributed by atoms with Gasteiger partial charge in [0.1, 0.15) is 17.4 Å². The molecule has 2 amide bonds. The van der Waals surface area contributed by atoms with Gasteiger partial charge in [-0.05, 0) is 35.4 Å². The van der Waals surface area contributed by atoms with E-state index in [1.54, 1.807) is 24.3 Å². The van der Waals surface area contributed by atoms with Gasteiger partial charge in [0.25, 0.3) is 11.8 Å². The number of nitrogens with zero attached hydrogens (tertiary/aromatic N) is 1. The van der Waals surface area contributed by atoms with Crippen LogP contribution in [0.25, 0.3) is 5.57 Å². The van der Waals surface area contributed by atoms with Crippen molar-refractivity contribution in [1.29, 1.82) is 0 Å². The third kappa shape index (κ3) is 4.09. The summed E-state index contributed by atoms with van der Waals surface area (Å²) in [4.78, 5) is 27.5. The summed E-state index contributed by atoms with van der Waals surface area (Å²) in [5, 5.41) is 0. The molecule has 3 aromatic rings. The van der Waals surface area contributed by atoms with Crippen molar-refractivity contribution in [1.82, 2.24) is 0 Å². The number of hydrogen-bond donors (Lipinski definition) is 0. The number of amides is 2. The molecule has 31 heavy (non-hydrogen) atoms. The van der Waals surface area contributed by atoms with Crippen LogP contribution in [0.1, 0.15) is 11.1 Å². The van der Waals surface area contributed by atoms with Crippen molar-refractivity contribution in [3.63, 3.8) is 0 Å². The molecule has 4 rings (SSSR count). The van der Waals surface area contributed by atoms with Gasteiger partial charge in [0.05, 0.1) is 23.3 Å². The third-order valence-electron chi connectivity index (χ3n) is 4.80. The number of imide groups is 1. The number of rotatable bonds is 6. The normalized spacial score (nSPS) is 13.8. The first-order valence-electron chi connectivity index (χ1n) is 9.39. The Labute approximate surface area is 182 Å². The zero-order chi connectivity index (χ0) is 22.0. The highest BCUT2D eigenvalue weighted by atomic mass is 32.2. The number of thioether (sulfide) groups is 1. The molecule has 0 N–H and O–H groups in total. The maximum absolute atomic E-state index is 14.4. The van der Waals surface area contributed by atoms with Gasteiger partial charge >= 0.3 is 0 Å². The molecule has 1 aliphatic rings. The number of anilines is 1. The maximum Gasteiger partial charge on any atom is 0.272 e. The lowest BCUT2D eigenvalue weighted by Gasteiger charge is -2.16. The summed E-state index contributed by atoms with van der Waals surface area (Å²) in [5.74, 6) is -2.01. The summed E-state index contributed by atoms with van der Waals surface area (Å²) < 4.78 is 33.0. The molecule has 0 spiro atoms. The molecule has 3 aromatic carbocycles. The lowest BCUT2D eigenvalue weighted by Crippen LogP contribution is -2.32. The van der Waals surface area contributed by atoms with E-state index in [9.17, 15) is 18.4 Å². The Morgan fingerprint density at radius 3 is 2.26 bits per heavy atom. The zero-order valence-electron chi connectivity index (χ0n) is 16.5. The van der Waals surface area contributed by atoms with E-state index >= 15 is 0 Å². The van der Waals surface area contributed by atoms with Crippen LogP contribution in [0, 0.1) is 11.6 Å². The number of methoxy groups -OCH3 is 1. The average molecular weight is 437 g/mol. The Morgan fingerprint density at radius 1 is 0.903 bits per heavy atom. The van der Waals surface area contributed by atoms with Gasteiger partial charge in [0.15, 0.2) is 0 Å². The highest BCUT2D eigenvalue weighted by Crippen LogP contribution is 2.40. The molecule has 0 unspecified atom stereocenters. The summed E-state index contributed by atoms with van der Waals surface area (Å²) >= 11 is 1.21. The molecule has 0 saturated heterocycles. The SMILES string of the molecule is COc1ccc(C2=C(SCc3ccccc3)C(=O)N(c3ccc(F)cc3F)C2=O)cc1. The van der Waals surface area contributed by atoms with Crippen LogP contribution in [-0.4, -0.2) is 18.9 Å². The molecule has 1 aliphatic heterocycles. The fourth-order valence-corrected chi connectivity index (χ4v) is 4.33. The molecule has 4 nitrogen and oxygen atoms in total. The first kappa shape index (κ1) is 20.8. The van der Waals surface area contributed by atoms with Gasteiger partial charge in [-0.1, -0.05) is 42.5 Å². The predicted molar refractivity (Wildman–Crippen MR) is 117 cm³/mol. The second kappa shape index (κ2) is 8.73. The Hall–Kier alpha value is -3.45. The van der Waals surface area contributed by atoms with Crippen LogP contribution < -0.4 is 9.64 Å². The number of benzene rings is 3. The van der Waals surface area contributed by atoms with E-state index in [2.05, 4.69) is 0 Å². The standard InChI is InChI=1S/C24H17F2NO3S/c1-30-18-10-7-16(8-11-18)21-22(31-14-15-5-3-2-4-6-15)24(29)27(23(21)28)20-12-9-17(25)13-19(20)26/h2-13H,14H2,1H3. The first-order chi connectivity index (χ1) is 15.0. The van der Waals surface area contributed by atoms with Gasteiger partial charge in [0, 0.05) is 11.8 Å². The van der Waals surface area contributed by atoms with E-state index in [0.29, 0.717) is 23.1 Å². The molecule has 1 heterocycles. The molecular weight excluding hydrogens is 420 g/mol. The van der Waals surface area contributed by atoms with E-state index < -0.39 is 23.4 Å². The predicted octanol–water partition coefficient (Wildman–Crippen LogP) is 5.19. The second-order valence-electron chi connectivity index (χ2n) is 6.75. The number of carbonyl (C=O) groups is 2. The van der Waals surface area contributed by atoms with Crippen molar-refractivity contribution < 1.29 is 23.1 Å². The highest BCUT2D eigenvalue weighted by molar-refractivity contribution is 8.03. The summed E-state index contributed by atoms with van der Waals surface area (Å²) in [5.41, 5.74) is 1.38. The lowest BCUT2D eigenvalue weighted by atomic mass is 10.1. The number of halogens is 2. The molecule has 156 valence electrons. The minimum absolute atomic E-state index is 0.178. The van der Waals surface area contributed by atoms with Crippen LogP contribution in [0.15, 0.2) is 77.7 Å². The summed E-state index contributed by atoms with van der Waals surface area (Å²) in [6, 6.07) is 19.0. The minimum atomic E-state index is -0.981. The highest BCUT2D eigenvalue weighted by Gasteiger charge is 2.41. The van der Waals surface area contributed by atoms with Gasteiger partial charge in [-0.3, -0.25) is 9.59 Å². The second-order valence-corrected chi connectivity index (χ2v) is 7.73. The number of carbonyl (C=O) groups excluding carboxylic acids is 2. The summed E-state index contributed by atoms with van der Waals surface area (Å²) in [6.45, 7) is 0. The topological polar surface area (TPSA) is 46.6 Å². The van der Waals surface area contributed by atoms with Crippen LogP contribution in [0.4, 0.5) is 14.5 Å². The Balaban J connectivity index is 1.76. The van der Waals surface area contributed by atoms with Crippen molar-refractivity contribution >= 4 is 34.8 Å². The monoisotopic (exact) mass is 437 g/mol. The first-order valence-corrected chi connectivity index (χ1v) is 10.4. The van der Waals surface area contributed by atoms with E-state index in [4.69, 9.17) is 4.74 Å². The van der Waals surface area contributed by atoms with Gasteiger partial charge in [0.2, 0.25) is 0 Å². The quantitative estimate of drug-likeness (QED) is 0.498. The van der Waals surface area contributed by atoms with Crippen molar-refractivity contribution in [2.24, 2.45) is 0 Å². The Kier molecular flexibility index (Phi) is 5.86. The molecule has 0 fully saturated rings. The van der Waals surface area contributed by atoms with E-state index in [1.165, 1.54) is 18.9 Å². The van der Waals surface area contributed by atoms with Gasteiger partial charge in [-0.15, -0.1) is 11.8 Å². The minimum Gasteiger partial charge on any atom is -0.497 e. The van der Waals surface area contributed by atoms with Crippen LogP contribution in [0.2, 0.25) is 0 Å². The molecular formula is C24H17F2NO3S. The van der Waals surface area contributed by atoms with Crippen LogP contribution >= 0.6 is 11.8 Å². The van der Waals surface area contributed by atoms with Crippen LogP contribution in [0.5, 0.6) is 5.75 Å². The van der Waals surface area contributed by atoms with Crippen molar-refractivity contribution in [3.8, 4) is 5.75 Å². The molecule has 0 bridgehead atoms. The van der Waals surface area contributed by atoms with Gasteiger partial charge in [-0.2, -0.15) is 0 Å². The van der Waals surface area contributed by atoms with E-state index in [1.807, 2.05) is 30.3 Å². The van der Waals surface area contributed by atoms with Crippen LogP contribution in [0.3, 0.4) is 0 Å². The van der Waals surface area contributed by atoms with Gasteiger partial charge < -0.3 is 4.74 Å². The zero-order valence-corrected chi connectivity index (χ0v) is 17.3. The fraction of sp³-hybridized carbons (Fsp3) is 0.0833. The third-order valence-corrected chi connectivity index (χ3v) is 5.94. The molecule has 0 aromatic heterocycles. The van der Waals surface area contributed by atoms with Crippen molar-refractivity contribution in [3.05, 3.63) is 100 Å². The largest absolute Gasteiger partial charge is 0.497 e. The summed E-state index contributed by atoms with van der Waals surface area (Å²) in [7, 11) is 1.53.